The van der Waals surface area contributed by atoms with E-state index in [0.717, 1.165) is 22.4 Å². The zero-order valence-corrected chi connectivity index (χ0v) is 29.1. The number of fused-ring (bicyclic) bond motifs is 2. The molecule has 2 saturated heterocycles. The molecule has 0 radical (unpaired) electrons. The van der Waals surface area contributed by atoms with Crippen LogP contribution in [0.15, 0.2) is 97.1 Å². The van der Waals surface area contributed by atoms with E-state index in [1.165, 1.54) is 0 Å². The van der Waals surface area contributed by atoms with Crippen molar-refractivity contribution in [3.63, 3.8) is 0 Å². The van der Waals surface area contributed by atoms with Crippen LogP contribution in [0, 0.1) is 25.7 Å². The van der Waals surface area contributed by atoms with Crippen molar-refractivity contribution in [2.75, 3.05) is 36.1 Å². The highest BCUT2D eigenvalue weighted by atomic mass is 16.5. The Morgan fingerprint density at radius 1 is 0.860 bits per heavy atom. The van der Waals surface area contributed by atoms with E-state index in [1.54, 1.807) is 14.7 Å². The average molecular weight is 676 g/mol. The maximum absolute atomic E-state index is 15.2. The fourth-order valence-corrected chi connectivity index (χ4v) is 8.58. The quantitative estimate of drug-likeness (QED) is 0.315. The molecule has 3 aromatic rings. The van der Waals surface area contributed by atoms with Gasteiger partial charge in [0.15, 0.2) is 0 Å². The summed E-state index contributed by atoms with van der Waals surface area (Å²) < 4.78 is 12.8. The van der Waals surface area contributed by atoms with E-state index in [-0.39, 0.29) is 30.9 Å². The first-order valence-electron chi connectivity index (χ1n) is 17.6. The van der Waals surface area contributed by atoms with Crippen molar-refractivity contribution in [3.8, 4) is 5.75 Å². The molecule has 7 rings (SSSR count). The second-order valence-electron chi connectivity index (χ2n) is 13.8. The maximum atomic E-state index is 15.2. The molecular weight excluding hydrogens is 630 g/mol. The molecule has 3 amide bonds. The third-order valence-corrected chi connectivity index (χ3v) is 10.9. The molecule has 4 aliphatic heterocycles. The molecule has 0 aromatic heterocycles. The normalized spacial score (nSPS) is 27.9. The predicted octanol–water partition coefficient (Wildman–Crippen LogP) is 5.17. The van der Waals surface area contributed by atoms with Crippen LogP contribution in [0.1, 0.15) is 37.0 Å². The lowest BCUT2D eigenvalue weighted by Crippen LogP contribution is -2.59. The molecule has 1 N–H and O–H groups in total. The molecule has 9 nitrogen and oxygen atoms in total. The Hall–Kier alpha value is -4.73. The lowest BCUT2D eigenvalue weighted by molar-refractivity contribution is -0.149. The summed E-state index contributed by atoms with van der Waals surface area (Å²) in [6, 6.07) is 21.2. The molecule has 0 saturated carbocycles. The van der Waals surface area contributed by atoms with Gasteiger partial charge < -0.3 is 29.3 Å². The van der Waals surface area contributed by atoms with Gasteiger partial charge in [0.1, 0.15) is 17.4 Å². The summed E-state index contributed by atoms with van der Waals surface area (Å²) in [6.45, 7) is 8.57. The molecule has 4 heterocycles. The Labute approximate surface area is 293 Å². The van der Waals surface area contributed by atoms with E-state index >= 15 is 9.59 Å². The first-order valence-corrected chi connectivity index (χ1v) is 17.6. The number of aliphatic hydroxyl groups excluding tert-OH is 1. The third kappa shape index (κ3) is 5.34. The van der Waals surface area contributed by atoms with Gasteiger partial charge in [-0.3, -0.25) is 14.4 Å². The van der Waals surface area contributed by atoms with Crippen molar-refractivity contribution in [2.24, 2.45) is 11.8 Å². The van der Waals surface area contributed by atoms with E-state index in [9.17, 15) is 9.90 Å². The Morgan fingerprint density at radius 3 is 2.28 bits per heavy atom. The summed E-state index contributed by atoms with van der Waals surface area (Å²) in [4.78, 5) is 50.3. The highest BCUT2D eigenvalue weighted by Gasteiger charge is 2.76. The van der Waals surface area contributed by atoms with Gasteiger partial charge in [-0.05, 0) is 80.6 Å². The number of carbonyl (C=O) groups excluding carboxylic acids is 3. The summed E-state index contributed by atoms with van der Waals surface area (Å²) in [6.07, 6.45) is 8.40. The number of ether oxygens (including phenoxy) is 2. The molecule has 50 heavy (non-hydrogen) atoms. The van der Waals surface area contributed by atoms with Crippen LogP contribution in [0.4, 0.5) is 11.4 Å². The highest BCUT2D eigenvalue weighted by Crippen LogP contribution is 2.59. The summed E-state index contributed by atoms with van der Waals surface area (Å²) in [7, 11) is 0. The van der Waals surface area contributed by atoms with E-state index in [4.69, 9.17) is 9.47 Å². The number of carbonyl (C=O) groups is 3. The molecule has 4 aliphatic rings. The van der Waals surface area contributed by atoms with Crippen LogP contribution in [0.2, 0.25) is 0 Å². The second kappa shape index (κ2) is 13.2. The van der Waals surface area contributed by atoms with Crippen LogP contribution in [-0.2, 0) is 25.5 Å². The van der Waals surface area contributed by atoms with Gasteiger partial charge in [0.05, 0.1) is 36.7 Å². The number of amides is 3. The van der Waals surface area contributed by atoms with Gasteiger partial charge in [0.25, 0.3) is 5.91 Å². The zero-order chi connectivity index (χ0) is 35.2. The number of hydrogen-bond donors (Lipinski definition) is 1. The number of aliphatic hydroxyl groups is 1. The highest BCUT2D eigenvalue weighted by molar-refractivity contribution is 6.08. The molecule has 0 aliphatic carbocycles. The predicted molar refractivity (Wildman–Crippen MR) is 192 cm³/mol. The molecule has 260 valence electrons. The Morgan fingerprint density at radius 2 is 1.58 bits per heavy atom. The number of nitrogens with zero attached hydrogens (tertiary/aromatic N) is 3. The first-order chi connectivity index (χ1) is 24.2. The number of rotatable bonds is 9. The molecule has 2 fully saturated rings. The molecule has 1 spiro atoms. The Balaban J connectivity index is 1.37. The largest absolute Gasteiger partial charge is 0.494 e. The number of aryl methyl sites for hydroxylation is 2. The topological polar surface area (TPSA) is 99.6 Å². The van der Waals surface area contributed by atoms with Crippen LogP contribution in [0.3, 0.4) is 0 Å². The molecule has 6 atom stereocenters. The van der Waals surface area contributed by atoms with E-state index in [0.29, 0.717) is 37.4 Å². The molecule has 1 unspecified atom stereocenters. The summed E-state index contributed by atoms with van der Waals surface area (Å²) in [5, 5.41) is 10.9. The third-order valence-electron chi connectivity index (χ3n) is 10.9. The molecular formula is C41H45N3O6. The van der Waals surface area contributed by atoms with Crippen LogP contribution < -0.4 is 14.5 Å². The van der Waals surface area contributed by atoms with Gasteiger partial charge in [-0.2, -0.15) is 0 Å². The van der Waals surface area contributed by atoms with Crippen molar-refractivity contribution in [1.29, 1.82) is 0 Å². The molecule has 9 heteroatoms. The lowest BCUT2D eigenvalue weighted by atomic mass is 9.73. The summed E-state index contributed by atoms with van der Waals surface area (Å²) >= 11 is 0. The van der Waals surface area contributed by atoms with Crippen molar-refractivity contribution >= 4 is 29.1 Å². The van der Waals surface area contributed by atoms with Gasteiger partial charge in [-0.25, -0.2) is 0 Å². The molecule has 3 aromatic carbocycles. The van der Waals surface area contributed by atoms with Crippen LogP contribution >= 0.6 is 0 Å². The first kappa shape index (κ1) is 33.8. The fraction of sp³-hybridized carbons (Fsp3) is 0.390. The van der Waals surface area contributed by atoms with Crippen molar-refractivity contribution in [2.45, 2.75) is 63.8 Å². The number of benzene rings is 3. The summed E-state index contributed by atoms with van der Waals surface area (Å²) in [5.74, 6) is -2.12. The fourth-order valence-electron chi connectivity index (χ4n) is 8.58. The van der Waals surface area contributed by atoms with Crippen molar-refractivity contribution in [3.05, 3.63) is 114 Å². The van der Waals surface area contributed by atoms with E-state index in [2.05, 4.69) is 0 Å². The van der Waals surface area contributed by atoms with Gasteiger partial charge in [0, 0.05) is 24.5 Å². The minimum atomic E-state index is -1.45. The minimum Gasteiger partial charge on any atom is -0.494 e. The van der Waals surface area contributed by atoms with Gasteiger partial charge in [-0.1, -0.05) is 73.7 Å². The Kier molecular flexibility index (Phi) is 8.90. The van der Waals surface area contributed by atoms with Crippen molar-refractivity contribution in [1.82, 2.24) is 4.90 Å². The lowest BCUT2D eigenvalue weighted by Gasteiger charge is -2.41. The number of likely N-dealkylation sites (tertiary alicyclic amines) is 1. The number of hydrogen-bond acceptors (Lipinski definition) is 6. The maximum Gasteiger partial charge on any atom is 0.253 e. The standard InChI is InChI=1S/C41H45N3O6/c1-5-40-20-10-22-42(30-16-18-32(19-17-30)49-6-2)37(46)34(40)35-38(47)44(31(26-45)25-29-12-8-7-9-13-29)36-39(48)43(23-11-21-41(35,36)50-40)33-24-27(3)14-15-28(33)4/h7-21,24,31,34-36,45H,5-6,22-23,25-26H2,1-4H3/t31-,34+,35+,36?,40-,41+/m1/s1. The van der Waals surface area contributed by atoms with Gasteiger partial charge >= 0.3 is 0 Å². The van der Waals surface area contributed by atoms with Crippen LogP contribution in [0.5, 0.6) is 5.75 Å². The van der Waals surface area contributed by atoms with Gasteiger partial charge in [-0.15, -0.1) is 0 Å². The van der Waals surface area contributed by atoms with Crippen LogP contribution in [0.25, 0.3) is 0 Å². The monoisotopic (exact) mass is 675 g/mol. The zero-order valence-electron chi connectivity index (χ0n) is 29.1. The second-order valence-corrected chi connectivity index (χ2v) is 13.8. The SMILES string of the molecule is CCOc1ccc(N2CC=C[C@@]3(CC)O[C@]45C=CCN(c6cc(C)ccc6C)C(=O)C4N([C@@H](CO)Cc4ccccc4)C(=O)[C@@H]5[C@H]3C2=O)cc1. The van der Waals surface area contributed by atoms with E-state index in [1.807, 2.05) is 125 Å². The van der Waals surface area contributed by atoms with Crippen molar-refractivity contribution < 1.29 is 29.0 Å². The smallest absolute Gasteiger partial charge is 0.253 e. The summed E-state index contributed by atoms with van der Waals surface area (Å²) in [5.41, 5.74) is 1.71. The average Bonchev–Trinajstić information content (AvgIpc) is 3.42. The van der Waals surface area contributed by atoms with Gasteiger partial charge in [0.2, 0.25) is 11.8 Å². The number of anilines is 2. The van der Waals surface area contributed by atoms with E-state index < -0.39 is 35.1 Å². The Bertz CT molecular complexity index is 1840. The minimum absolute atomic E-state index is 0.239. The molecule has 0 bridgehead atoms. The van der Waals surface area contributed by atoms with Crippen LogP contribution in [-0.4, -0.2) is 77.3 Å².